The van der Waals surface area contributed by atoms with Crippen LogP contribution in [-0.4, -0.2) is 13.1 Å². The normalized spacial score (nSPS) is 16.8. The summed E-state index contributed by atoms with van der Waals surface area (Å²) in [5, 5.41) is 0. The van der Waals surface area contributed by atoms with E-state index in [0.29, 0.717) is 0 Å². The molecular formula is C11H17N3. The first-order valence-corrected chi connectivity index (χ1v) is 5.22. The highest BCUT2D eigenvalue weighted by Gasteiger charge is 2.12. The number of hydrazine groups is 1. The van der Waals surface area contributed by atoms with Gasteiger partial charge in [0.25, 0.3) is 0 Å². The van der Waals surface area contributed by atoms with Crippen LogP contribution in [0.1, 0.15) is 19.3 Å². The van der Waals surface area contributed by atoms with E-state index >= 15 is 0 Å². The van der Waals surface area contributed by atoms with Crippen LogP contribution in [0.25, 0.3) is 0 Å². The molecule has 0 unspecified atom stereocenters. The first-order chi connectivity index (χ1) is 6.92. The highest BCUT2D eigenvalue weighted by atomic mass is 15.2. The highest BCUT2D eigenvalue weighted by molar-refractivity contribution is 5.69. The monoisotopic (exact) mass is 191 g/mol. The highest BCUT2D eigenvalue weighted by Crippen LogP contribution is 2.27. The molecule has 1 saturated heterocycles. The summed E-state index contributed by atoms with van der Waals surface area (Å²) in [6, 6.07) is 8.21. The molecule has 3 nitrogen and oxygen atoms in total. The smallest absolute Gasteiger partial charge is 0.0720 e. The van der Waals surface area contributed by atoms with Gasteiger partial charge in [0, 0.05) is 13.1 Å². The van der Waals surface area contributed by atoms with Gasteiger partial charge in [0.1, 0.15) is 0 Å². The van der Waals surface area contributed by atoms with E-state index in [0.717, 1.165) is 18.8 Å². The average molecular weight is 191 g/mol. The summed E-state index contributed by atoms with van der Waals surface area (Å²) >= 11 is 0. The van der Waals surface area contributed by atoms with Gasteiger partial charge >= 0.3 is 0 Å². The van der Waals surface area contributed by atoms with Gasteiger partial charge in [-0.1, -0.05) is 12.1 Å². The minimum Gasteiger partial charge on any atom is -0.370 e. The van der Waals surface area contributed by atoms with Gasteiger partial charge in [0.05, 0.1) is 11.4 Å². The van der Waals surface area contributed by atoms with Crippen LogP contribution in [0.15, 0.2) is 24.3 Å². The van der Waals surface area contributed by atoms with Crippen molar-refractivity contribution in [3.05, 3.63) is 24.3 Å². The molecule has 0 spiro atoms. The van der Waals surface area contributed by atoms with E-state index in [-0.39, 0.29) is 0 Å². The molecule has 0 aliphatic carbocycles. The van der Waals surface area contributed by atoms with Gasteiger partial charge in [0.15, 0.2) is 0 Å². The summed E-state index contributed by atoms with van der Waals surface area (Å²) in [6.45, 7) is 2.30. The lowest BCUT2D eigenvalue weighted by molar-refractivity contribution is 0.578. The van der Waals surface area contributed by atoms with Gasteiger partial charge in [-0.25, -0.2) is 0 Å². The number of nitrogens with one attached hydrogen (secondary N) is 1. The summed E-state index contributed by atoms with van der Waals surface area (Å²) in [7, 11) is 0. The minimum absolute atomic E-state index is 1.02. The van der Waals surface area contributed by atoms with Gasteiger partial charge < -0.3 is 10.3 Å². The van der Waals surface area contributed by atoms with Crippen molar-refractivity contribution in [2.75, 3.05) is 23.4 Å². The molecular weight excluding hydrogens is 174 g/mol. The Labute approximate surface area is 84.9 Å². The first-order valence-electron chi connectivity index (χ1n) is 5.22. The SMILES string of the molecule is NNc1ccccc1N1CCCCC1. The second-order valence-electron chi connectivity index (χ2n) is 3.71. The van der Waals surface area contributed by atoms with Crippen LogP contribution in [0.5, 0.6) is 0 Å². The predicted octanol–water partition coefficient (Wildman–Crippen LogP) is 1.96. The molecule has 2 rings (SSSR count). The lowest BCUT2D eigenvalue weighted by Crippen LogP contribution is -2.30. The van der Waals surface area contributed by atoms with E-state index in [1.165, 1.54) is 24.9 Å². The Morgan fingerprint density at radius 2 is 1.79 bits per heavy atom. The summed E-state index contributed by atoms with van der Waals surface area (Å²) in [5.74, 6) is 5.48. The van der Waals surface area contributed by atoms with E-state index in [4.69, 9.17) is 5.84 Å². The zero-order valence-corrected chi connectivity index (χ0v) is 8.37. The van der Waals surface area contributed by atoms with Crippen LogP contribution >= 0.6 is 0 Å². The largest absolute Gasteiger partial charge is 0.370 e. The fourth-order valence-corrected chi connectivity index (χ4v) is 2.01. The van der Waals surface area contributed by atoms with Crippen molar-refractivity contribution >= 4 is 11.4 Å². The van der Waals surface area contributed by atoms with Crippen molar-refractivity contribution in [3.63, 3.8) is 0 Å². The molecule has 3 N–H and O–H groups in total. The van der Waals surface area contributed by atoms with E-state index < -0.39 is 0 Å². The third-order valence-electron chi connectivity index (χ3n) is 2.76. The molecule has 1 heterocycles. The number of piperidine rings is 1. The third-order valence-corrected chi connectivity index (χ3v) is 2.76. The number of anilines is 2. The van der Waals surface area contributed by atoms with Crippen molar-refractivity contribution in [2.45, 2.75) is 19.3 Å². The molecule has 14 heavy (non-hydrogen) atoms. The Bertz CT molecular complexity index is 292. The molecule has 1 aromatic carbocycles. The lowest BCUT2D eigenvalue weighted by atomic mass is 10.1. The van der Waals surface area contributed by atoms with E-state index in [2.05, 4.69) is 22.5 Å². The number of para-hydroxylation sites is 2. The zero-order chi connectivity index (χ0) is 9.80. The van der Waals surface area contributed by atoms with Crippen molar-refractivity contribution in [1.29, 1.82) is 0 Å². The third kappa shape index (κ3) is 1.82. The molecule has 0 bridgehead atoms. The van der Waals surface area contributed by atoms with Crippen LogP contribution < -0.4 is 16.2 Å². The Kier molecular flexibility index (Phi) is 2.89. The Balaban J connectivity index is 2.20. The molecule has 1 fully saturated rings. The first kappa shape index (κ1) is 9.34. The minimum atomic E-state index is 1.02. The van der Waals surface area contributed by atoms with Crippen LogP contribution in [0, 0.1) is 0 Å². The molecule has 76 valence electrons. The summed E-state index contributed by atoms with van der Waals surface area (Å²) < 4.78 is 0. The fourth-order valence-electron chi connectivity index (χ4n) is 2.01. The van der Waals surface area contributed by atoms with Gasteiger partial charge in [-0.15, -0.1) is 0 Å². The molecule has 0 radical (unpaired) electrons. The maximum absolute atomic E-state index is 5.48. The Hall–Kier alpha value is -1.22. The van der Waals surface area contributed by atoms with Crippen molar-refractivity contribution < 1.29 is 0 Å². The van der Waals surface area contributed by atoms with Crippen LogP contribution in [0.3, 0.4) is 0 Å². The number of nitrogens with two attached hydrogens (primary N) is 1. The zero-order valence-electron chi connectivity index (χ0n) is 8.37. The molecule has 1 aliphatic rings. The maximum Gasteiger partial charge on any atom is 0.0720 e. The molecule has 0 saturated carbocycles. The van der Waals surface area contributed by atoms with E-state index in [9.17, 15) is 0 Å². The second-order valence-corrected chi connectivity index (χ2v) is 3.71. The van der Waals surface area contributed by atoms with Crippen molar-refractivity contribution in [3.8, 4) is 0 Å². The topological polar surface area (TPSA) is 41.3 Å². The number of nitrogens with zero attached hydrogens (tertiary/aromatic N) is 1. The maximum atomic E-state index is 5.48. The summed E-state index contributed by atoms with van der Waals surface area (Å²) in [6.07, 6.45) is 3.94. The number of benzene rings is 1. The van der Waals surface area contributed by atoms with Crippen LogP contribution in [0.4, 0.5) is 11.4 Å². The molecule has 0 atom stereocenters. The van der Waals surface area contributed by atoms with E-state index in [1.807, 2.05) is 12.1 Å². The van der Waals surface area contributed by atoms with E-state index in [1.54, 1.807) is 0 Å². The summed E-state index contributed by atoms with van der Waals surface area (Å²) in [5.41, 5.74) is 5.00. The van der Waals surface area contributed by atoms with Gasteiger partial charge in [-0.3, -0.25) is 5.84 Å². The molecule has 0 amide bonds. The van der Waals surface area contributed by atoms with Crippen molar-refractivity contribution in [2.24, 2.45) is 5.84 Å². The number of rotatable bonds is 2. The molecule has 1 aliphatic heterocycles. The molecule has 3 heteroatoms. The fraction of sp³-hybridized carbons (Fsp3) is 0.455. The number of nitrogen functional groups attached to an aromatic ring is 1. The van der Waals surface area contributed by atoms with Gasteiger partial charge in [-0.05, 0) is 31.4 Å². The number of hydrogen-bond donors (Lipinski definition) is 2. The second kappa shape index (κ2) is 4.33. The standard InChI is InChI=1S/C11H17N3/c12-13-10-6-2-3-7-11(10)14-8-4-1-5-9-14/h2-3,6-7,13H,1,4-5,8-9,12H2. The molecule has 0 aromatic heterocycles. The van der Waals surface area contributed by atoms with Crippen molar-refractivity contribution in [1.82, 2.24) is 0 Å². The van der Waals surface area contributed by atoms with Crippen LogP contribution in [0.2, 0.25) is 0 Å². The van der Waals surface area contributed by atoms with Gasteiger partial charge in [-0.2, -0.15) is 0 Å². The lowest BCUT2D eigenvalue weighted by Gasteiger charge is -2.30. The number of hydrogen-bond acceptors (Lipinski definition) is 3. The van der Waals surface area contributed by atoms with Crippen LogP contribution in [-0.2, 0) is 0 Å². The van der Waals surface area contributed by atoms with Gasteiger partial charge in [0.2, 0.25) is 0 Å². The summed E-state index contributed by atoms with van der Waals surface area (Å²) in [4.78, 5) is 2.40. The quantitative estimate of drug-likeness (QED) is 0.554. The Morgan fingerprint density at radius 3 is 2.50 bits per heavy atom. The average Bonchev–Trinajstić information content (AvgIpc) is 2.30. The molecule has 1 aromatic rings. The predicted molar refractivity (Wildman–Crippen MR) is 60.3 cm³/mol. The Morgan fingerprint density at radius 1 is 1.07 bits per heavy atom.